The molecule has 2 unspecified atom stereocenters. The van der Waals surface area contributed by atoms with Gasteiger partial charge in [-0.15, -0.1) is 0 Å². The molecule has 2 atom stereocenters. The van der Waals surface area contributed by atoms with Crippen molar-refractivity contribution in [2.45, 2.75) is 52.6 Å². The summed E-state index contributed by atoms with van der Waals surface area (Å²) in [5.74, 6) is 0. The van der Waals surface area contributed by atoms with Crippen LogP contribution in [-0.4, -0.2) is 42.2 Å². The fraction of sp³-hybridized carbons (Fsp3) is 0.407. The van der Waals surface area contributed by atoms with E-state index in [9.17, 15) is 0 Å². The molecule has 2 N–H and O–H groups in total. The van der Waals surface area contributed by atoms with Crippen LogP contribution in [0.15, 0.2) is 30.5 Å². The van der Waals surface area contributed by atoms with Crippen LogP contribution >= 0.6 is 0 Å². The van der Waals surface area contributed by atoms with Gasteiger partial charge < -0.3 is 15.5 Å². The van der Waals surface area contributed by atoms with Crippen molar-refractivity contribution < 1.29 is 0 Å². The van der Waals surface area contributed by atoms with E-state index in [-0.39, 0.29) is 0 Å². The number of fused-ring (bicyclic) bond motifs is 1. The number of nitrogens with one attached hydrogen (secondary N) is 2. The summed E-state index contributed by atoms with van der Waals surface area (Å²) < 4.78 is 0. The Morgan fingerprint density at radius 1 is 1.19 bits per heavy atom. The SMILES string of the molecule is C=c1cc(C)c(-c2cc(CCC)c3cc(N4CC(C)NC(C)C4)cnc3n2)c/c1=C/NC. The summed E-state index contributed by atoms with van der Waals surface area (Å²) in [5.41, 5.74) is 6.62. The van der Waals surface area contributed by atoms with Crippen LogP contribution in [0.2, 0.25) is 0 Å². The highest BCUT2D eigenvalue weighted by molar-refractivity contribution is 5.85. The van der Waals surface area contributed by atoms with E-state index in [0.29, 0.717) is 12.1 Å². The van der Waals surface area contributed by atoms with Crippen molar-refractivity contribution in [3.05, 3.63) is 52.0 Å². The summed E-state index contributed by atoms with van der Waals surface area (Å²) >= 11 is 0. The minimum atomic E-state index is 0.465. The maximum Gasteiger partial charge on any atom is 0.160 e. The van der Waals surface area contributed by atoms with E-state index in [0.717, 1.165) is 53.3 Å². The molecular weight excluding hydrogens is 394 g/mol. The molecule has 0 spiro atoms. The van der Waals surface area contributed by atoms with Gasteiger partial charge in [0, 0.05) is 49.4 Å². The first-order chi connectivity index (χ1) is 15.4. The zero-order valence-electron chi connectivity index (χ0n) is 20.0. The van der Waals surface area contributed by atoms with Crippen LogP contribution in [0.4, 0.5) is 5.69 Å². The molecule has 0 amide bonds. The summed E-state index contributed by atoms with van der Waals surface area (Å²) in [6, 6.07) is 9.79. The van der Waals surface area contributed by atoms with Crippen molar-refractivity contribution in [3.8, 4) is 11.3 Å². The number of pyridine rings is 2. The van der Waals surface area contributed by atoms with Crippen LogP contribution in [0.1, 0.15) is 38.3 Å². The molecule has 0 radical (unpaired) electrons. The second kappa shape index (κ2) is 9.29. The highest BCUT2D eigenvalue weighted by Crippen LogP contribution is 2.29. The number of hydrogen-bond donors (Lipinski definition) is 2. The summed E-state index contributed by atoms with van der Waals surface area (Å²) in [4.78, 5) is 12.3. The van der Waals surface area contributed by atoms with Gasteiger partial charge in [-0.3, -0.25) is 0 Å². The van der Waals surface area contributed by atoms with Gasteiger partial charge in [0.25, 0.3) is 0 Å². The second-order valence-corrected chi connectivity index (χ2v) is 9.15. The van der Waals surface area contributed by atoms with Gasteiger partial charge in [-0.25, -0.2) is 9.97 Å². The van der Waals surface area contributed by atoms with Crippen molar-refractivity contribution in [1.29, 1.82) is 0 Å². The predicted octanol–water partition coefficient (Wildman–Crippen LogP) is 3.11. The Morgan fingerprint density at radius 2 is 1.94 bits per heavy atom. The maximum absolute atomic E-state index is 5.00. The fourth-order valence-electron chi connectivity index (χ4n) is 4.84. The number of anilines is 1. The molecule has 1 aliphatic rings. The van der Waals surface area contributed by atoms with Crippen LogP contribution in [0.5, 0.6) is 0 Å². The Kier molecular flexibility index (Phi) is 6.47. The molecule has 0 saturated carbocycles. The molecule has 3 aromatic rings. The molecule has 1 aliphatic heterocycles. The third-order valence-corrected chi connectivity index (χ3v) is 6.24. The molecular formula is C27H35N5. The van der Waals surface area contributed by atoms with Crippen LogP contribution in [-0.2, 0) is 6.42 Å². The predicted molar refractivity (Wildman–Crippen MR) is 136 cm³/mol. The molecule has 2 aromatic heterocycles. The first-order valence-corrected chi connectivity index (χ1v) is 11.7. The van der Waals surface area contributed by atoms with Crippen molar-refractivity contribution >= 4 is 29.5 Å². The molecule has 1 fully saturated rings. The van der Waals surface area contributed by atoms with Gasteiger partial charge in [-0.1, -0.05) is 26.0 Å². The van der Waals surface area contributed by atoms with Crippen LogP contribution < -0.4 is 26.0 Å². The van der Waals surface area contributed by atoms with E-state index in [1.165, 1.54) is 22.2 Å². The Balaban J connectivity index is 1.83. The van der Waals surface area contributed by atoms with Crippen molar-refractivity contribution in [1.82, 2.24) is 20.6 Å². The fourth-order valence-corrected chi connectivity index (χ4v) is 4.84. The lowest BCUT2D eigenvalue weighted by Gasteiger charge is -2.37. The van der Waals surface area contributed by atoms with E-state index in [1.807, 2.05) is 19.4 Å². The molecule has 5 nitrogen and oxygen atoms in total. The van der Waals surface area contributed by atoms with Crippen LogP contribution in [0, 0.1) is 6.92 Å². The Bertz CT molecular complexity index is 1220. The number of rotatable bonds is 5. The molecule has 4 rings (SSSR count). The van der Waals surface area contributed by atoms with E-state index in [2.05, 4.69) is 74.1 Å². The highest BCUT2D eigenvalue weighted by atomic mass is 15.2. The summed E-state index contributed by atoms with van der Waals surface area (Å²) in [5, 5.41) is 9.99. The van der Waals surface area contributed by atoms with Gasteiger partial charge >= 0.3 is 0 Å². The lowest BCUT2D eigenvalue weighted by Crippen LogP contribution is -2.54. The number of hydrogen-bond acceptors (Lipinski definition) is 5. The van der Waals surface area contributed by atoms with E-state index in [1.54, 1.807) is 0 Å². The molecule has 5 heteroatoms. The molecule has 0 bridgehead atoms. The van der Waals surface area contributed by atoms with Crippen molar-refractivity contribution in [3.63, 3.8) is 0 Å². The largest absolute Gasteiger partial charge is 0.393 e. The average molecular weight is 430 g/mol. The summed E-state index contributed by atoms with van der Waals surface area (Å²) in [6.45, 7) is 15.0. The first kappa shape index (κ1) is 22.3. The number of piperazine rings is 1. The molecule has 1 aromatic carbocycles. The third-order valence-electron chi connectivity index (χ3n) is 6.24. The topological polar surface area (TPSA) is 53.1 Å². The van der Waals surface area contributed by atoms with Gasteiger partial charge in [0.2, 0.25) is 0 Å². The normalized spacial score (nSPS) is 19.5. The lowest BCUT2D eigenvalue weighted by molar-refractivity contribution is 0.407. The molecule has 168 valence electrons. The number of aromatic nitrogens is 2. The van der Waals surface area contributed by atoms with E-state index in [4.69, 9.17) is 9.97 Å². The third kappa shape index (κ3) is 4.49. The van der Waals surface area contributed by atoms with E-state index < -0.39 is 0 Å². The van der Waals surface area contributed by atoms with Crippen LogP contribution in [0.25, 0.3) is 35.1 Å². The van der Waals surface area contributed by atoms with Crippen LogP contribution in [0.3, 0.4) is 0 Å². The molecule has 3 heterocycles. The molecule has 32 heavy (non-hydrogen) atoms. The zero-order chi connectivity index (χ0) is 22.8. The van der Waals surface area contributed by atoms with Gasteiger partial charge in [-0.05, 0) is 67.0 Å². The van der Waals surface area contributed by atoms with E-state index >= 15 is 0 Å². The lowest BCUT2D eigenvalue weighted by atomic mass is 9.98. The van der Waals surface area contributed by atoms with Gasteiger partial charge in [-0.2, -0.15) is 0 Å². The number of benzene rings is 1. The number of nitrogens with zero attached hydrogens (tertiary/aromatic N) is 3. The Hall–Kier alpha value is -2.92. The average Bonchev–Trinajstić information content (AvgIpc) is 2.75. The minimum absolute atomic E-state index is 0.465. The van der Waals surface area contributed by atoms with Gasteiger partial charge in [0.15, 0.2) is 5.65 Å². The number of aryl methyl sites for hydroxylation is 2. The molecule has 1 saturated heterocycles. The quantitative estimate of drug-likeness (QED) is 0.653. The minimum Gasteiger partial charge on any atom is -0.393 e. The Morgan fingerprint density at radius 3 is 2.62 bits per heavy atom. The monoisotopic (exact) mass is 429 g/mol. The van der Waals surface area contributed by atoms with Crippen molar-refractivity contribution in [2.24, 2.45) is 0 Å². The van der Waals surface area contributed by atoms with Gasteiger partial charge in [0.1, 0.15) is 0 Å². The maximum atomic E-state index is 5.00. The highest BCUT2D eigenvalue weighted by Gasteiger charge is 2.22. The standard InChI is InChI=1S/C27H35N5/c1-7-8-21-11-26(24-10-22(13-28-6)17(2)9-18(24)3)31-27-25(21)12-23(14-29-27)32-15-19(4)30-20(5)16-32/h9-14,19-20,28,30H,2,7-8,15-16H2,1,3-6H3/b22-13-. The Labute approximate surface area is 191 Å². The summed E-state index contributed by atoms with van der Waals surface area (Å²) in [7, 11) is 1.91. The smallest absolute Gasteiger partial charge is 0.160 e. The first-order valence-electron chi connectivity index (χ1n) is 11.7. The molecule has 0 aliphatic carbocycles. The van der Waals surface area contributed by atoms with Gasteiger partial charge in [0.05, 0.1) is 17.6 Å². The second-order valence-electron chi connectivity index (χ2n) is 9.15. The zero-order valence-corrected chi connectivity index (χ0v) is 20.0. The summed E-state index contributed by atoms with van der Waals surface area (Å²) in [6.07, 6.45) is 6.07. The van der Waals surface area contributed by atoms with Crippen molar-refractivity contribution in [2.75, 3.05) is 25.0 Å².